The van der Waals surface area contributed by atoms with Gasteiger partial charge in [-0.05, 0) is 38.8 Å². The molecule has 0 aromatic carbocycles. The first-order chi connectivity index (χ1) is 9.55. The molecule has 0 N–H and O–H groups in total. The Labute approximate surface area is 119 Å². The zero-order chi connectivity index (χ0) is 14.6. The highest BCUT2D eigenvalue weighted by atomic mass is 16.5. The Bertz CT molecular complexity index is 448. The fraction of sp³-hybridized carbons (Fsp3) is 0.786. The van der Waals surface area contributed by atoms with Crippen LogP contribution in [0, 0.1) is 0 Å². The zero-order valence-electron chi connectivity index (χ0n) is 12.5. The van der Waals surface area contributed by atoms with Crippen molar-refractivity contribution in [1.29, 1.82) is 0 Å². The summed E-state index contributed by atoms with van der Waals surface area (Å²) < 4.78 is 10.3. The number of hydrogen-bond donors (Lipinski definition) is 0. The summed E-state index contributed by atoms with van der Waals surface area (Å²) in [5, 5.41) is 4.02. The number of carbonyl (C=O) groups is 1. The summed E-state index contributed by atoms with van der Waals surface area (Å²) in [6.07, 6.45) is 4.78. The van der Waals surface area contributed by atoms with Gasteiger partial charge in [-0.25, -0.2) is 0 Å². The summed E-state index contributed by atoms with van der Waals surface area (Å²) in [7, 11) is 0. The summed E-state index contributed by atoms with van der Waals surface area (Å²) in [5.41, 5.74) is -0.910. The minimum absolute atomic E-state index is 0.315. The van der Waals surface area contributed by atoms with E-state index in [1.165, 1.54) is 12.8 Å². The molecule has 1 aromatic heterocycles. The predicted molar refractivity (Wildman–Crippen MR) is 74.6 cm³/mol. The number of esters is 1. The van der Waals surface area contributed by atoms with Crippen LogP contribution in [-0.2, 0) is 14.9 Å². The van der Waals surface area contributed by atoms with Gasteiger partial charge in [-0.3, -0.25) is 4.79 Å². The molecule has 112 valence electrons. The van der Waals surface area contributed by atoms with E-state index in [1.54, 1.807) is 20.8 Å². The van der Waals surface area contributed by atoms with Crippen molar-refractivity contribution in [1.82, 2.24) is 10.1 Å². The molecule has 2 heterocycles. The van der Waals surface area contributed by atoms with E-state index in [2.05, 4.69) is 15.0 Å². The summed E-state index contributed by atoms with van der Waals surface area (Å²) in [6.45, 7) is 7.49. The summed E-state index contributed by atoms with van der Waals surface area (Å²) in [6, 6.07) is 0. The van der Waals surface area contributed by atoms with Crippen molar-refractivity contribution in [2.75, 3.05) is 24.6 Å². The molecule has 0 amide bonds. The maximum atomic E-state index is 11.9. The first-order valence-electron chi connectivity index (χ1n) is 7.32. The molecule has 1 aliphatic rings. The van der Waals surface area contributed by atoms with Crippen molar-refractivity contribution < 1.29 is 14.1 Å². The van der Waals surface area contributed by atoms with Crippen LogP contribution in [0.3, 0.4) is 0 Å². The average molecular weight is 281 g/mol. The number of nitrogens with zero attached hydrogens (tertiary/aromatic N) is 3. The lowest BCUT2D eigenvalue weighted by molar-refractivity contribution is -0.149. The number of hydrogen-bond acceptors (Lipinski definition) is 6. The minimum Gasteiger partial charge on any atom is -0.465 e. The Morgan fingerprint density at radius 1 is 1.30 bits per heavy atom. The van der Waals surface area contributed by atoms with Crippen LogP contribution in [0.5, 0.6) is 0 Å². The van der Waals surface area contributed by atoms with E-state index in [1.807, 2.05) is 0 Å². The Hall–Kier alpha value is -1.59. The third kappa shape index (κ3) is 3.11. The van der Waals surface area contributed by atoms with Gasteiger partial charge in [0.1, 0.15) is 5.41 Å². The second kappa shape index (κ2) is 6.24. The maximum Gasteiger partial charge on any atom is 0.321 e. The summed E-state index contributed by atoms with van der Waals surface area (Å²) in [4.78, 5) is 18.5. The van der Waals surface area contributed by atoms with E-state index < -0.39 is 5.41 Å². The zero-order valence-corrected chi connectivity index (χ0v) is 12.5. The van der Waals surface area contributed by atoms with Gasteiger partial charge in [0, 0.05) is 13.1 Å². The molecule has 0 radical (unpaired) electrons. The summed E-state index contributed by atoms with van der Waals surface area (Å²) >= 11 is 0. The fourth-order valence-corrected chi connectivity index (χ4v) is 2.27. The van der Waals surface area contributed by atoms with Crippen LogP contribution >= 0.6 is 0 Å². The highest BCUT2D eigenvalue weighted by Crippen LogP contribution is 2.26. The SMILES string of the molecule is CCOC(=O)C(C)(C)c1nc(N2CCCCCC2)no1. The molecular weight excluding hydrogens is 258 g/mol. The molecule has 1 aliphatic heterocycles. The molecule has 2 rings (SSSR count). The van der Waals surface area contributed by atoms with Gasteiger partial charge >= 0.3 is 5.97 Å². The molecule has 1 saturated heterocycles. The van der Waals surface area contributed by atoms with Gasteiger partial charge < -0.3 is 14.2 Å². The van der Waals surface area contributed by atoms with Gasteiger partial charge in [0.05, 0.1) is 6.61 Å². The molecule has 0 saturated carbocycles. The lowest BCUT2D eigenvalue weighted by Crippen LogP contribution is -2.32. The van der Waals surface area contributed by atoms with E-state index >= 15 is 0 Å². The number of rotatable bonds is 4. The van der Waals surface area contributed by atoms with E-state index in [4.69, 9.17) is 9.26 Å². The van der Waals surface area contributed by atoms with Crippen molar-refractivity contribution >= 4 is 11.9 Å². The Kier molecular flexibility index (Phi) is 4.62. The molecule has 0 atom stereocenters. The van der Waals surface area contributed by atoms with Crippen molar-refractivity contribution in [3.63, 3.8) is 0 Å². The number of anilines is 1. The second-order valence-electron chi connectivity index (χ2n) is 5.65. The highest BCUT2D eigenvalue weighted by molar-refractivity contribution is 5.80. The molecule has 1 fully saturated rings. The predicted octanol–water partition coefficient (Wildman–Crippen LogP) is 2.29. The van der Waals surface area contributed by atoms with Crippen molar-refractivity contribution in [3.05, 3.63) is 5.89 Å². The molecule has 0 spiro atoms. The Morgan fingerprint density at radius 2 is 1.95 bits per heavy atom. The molecule has 0 unspecified atom stereocenters. The summed E-state index contributed by atoms with van der Waals surface area (Å²) in [5.74, 6) is 0.556. The highest BCUT2D eigenvalue weighted by Gasteiger charge is 2.38. The van der Waals surface area contributed by atoms with E-state index in [-0.39, 0.29) is 5.97 Å². The largest absolute Gasteiger partial charge is 0.465 e. The molecular formula is C14H23N3O3. The smallest absolute Gasteiger partial charge is 0.321 e. The Balaban J connectivity index is 2.13. The number of carbonyl (C=O) groups excluding carboxylic acids is 1. The molecule has 6 heteroatoms. The third-order valence-electron chi connectivity index (χ3n) is 3.62. The van der Waals surface area contributed by atoms with Crippen molar-refractivity contribution in [2.45, 2.75) is 51.9 Å². The molecule has 20 heavy (non-hydrogen) atoms. The van der Waals surface area contributed by atoms with Crippen LogP contribution in [0.15, 0.2) is 4.52 Å². The van der Waals surface area contributed by atoms with Gasteiger partial charge in [0.15, 0.2) is 0 Å². The van der Waals surface area contributed by atoms with Gasteiger partial charge in [-0.2, -0.15) is 4.98 Å². The van der Waals surface area contributed by atoms with Crippen molar-refractivity contribution in [3.8, 4) is 0 Å². The lowest BCUT2D eigenvalue weighted by Gasteiger charge is -2.18. The Morgan fingerprint density at radius 3 is 2.55 bits per heavy atom. The van der Waals surface area contributed by atoms with Crippen LogP contribution in [-0.4, -0.2) is 35.8 Å². The standard InChI is InChI=1S/C14H23N3O3/c1-4-19-12(18)14(2,3)11-15-13(16-20-11)17-9-7-5-6-8-10-17/h4-10H2,1-3H3. The van der Waals surface area contributed by atoms with Crippen LogP contribution < -0.4 is 4.90 Å². The lowest BCUT2D eigenvalue weighted by atomic mass is 9.94. The number of aromatic nitrogens is 2. The number of ether oxygens (including phenoxy) is 1. The molecule has 6 nitrogen and oxygen atoms in total. The van der Waals surface area contributed by atoms with Crippen LogP contribution in [0.25, 0.3) is 0 Å². The van der Waals surface area contributed by atoms with E-state index in [9.17, 15) is 4.79 Å². The van der Waals surface area contributed by atoms with Gasteiger partial charge in [0.25, 0.3) is 5.95 Å². The van der Waals surface area contributed by atoms with Crippen LogP contribution in [0.1, 0.15) is 52.3 Å². The topological polar surface area (TPSA) is 68.5 Å². The quantitative estimate of drug-likeness (QED) is 0.789. The minimum atomic E-state index is -0.910. The van der Waals surface area contributed by atoms with Gasteiger partial charge in [0.2, 0.25) is 5.89 Å². The first-order valence-corrected chi connectivity index (χ1v) is 7.32. The van der Waals surface area contributed by atoms with Crippen molar-refractivity contribution in [2.24, 2.45) is 0 Å². The van der Waals surface area contributed by atoms with Gasteiger partial charge in [-0.1, -0.05) is 12.8 Å². The van der Waals surface area contributed by atoms with Crippen LogP contribution in [0.2, 0.25) is 0 Å². The normalized spacial score (nSPS) is 16.9. The first kappa shape index (κ1) is 14.8. The molecule has 1 aromatic rings. The maximum absolute atomic E-state index is 11.9. The van der Waals surface area contributed by atoms with E-state index in [0.29, 0.717) is 18.4 Å². The van der Waals surface area contributed by atoms with Gasteiger partial charge in [-0.15, -0.1) is 0 Å². The average Bonchev–Trinajstić information content (AvgIpc) is 2.76. The van der Waals surface area contributed by atoms with E-state index in [0.717, 1.165) is 25.9 Å². The second-order valence-corrected chi connectivity index (χ2v) is 5.65. The third-order valence-corrected chi connectivity index (χ3v) is 3.62. The molecule has 0 bridgehead atoms. The van der Waals surface area contributed by atoms with Crippen LogP contribution in [0.4, 0.5) is 5.95 Å². The fourth-order valence-electron chi connectivity index (χ4n) is 2.27. The monoisotopic (exact) mass is 281 g/mol. The molecule has 0 aliphatic carbocycles.